The van der Waals surface area contributed by atoms with Gasteiger partial charge in [0.15, 0.2) is 0 Å². The fourth-order valence-corrected chi connectivity index (χ4v) is 2.21. The number of carbonyl (C=O) groups excluding carboxylic acids is 1. The summed E-state index contributed by atoms with van der Waals surface area (Å²) in [7, 11) is 0. The van der Waals surface area contributed by atoms with Crippen LogP contribution in [-0.2, 0) is 4.79 Å². The van der Waals surface area contributed by atoms with Gasteiger partial charge in [0.25, 0.3) is 0 Å². The quantitative estimate of drug-likeness (QED) is 0.799. The maximum Gasteiger partial charge on any atom is 0.239 e. The van der Waals surface area contributed by atoms with E-state index in [9.17, 15) is 4.79 Å². The van der Waals surface area contributed by atoms with Crippen molar-refractivity contribution in [2.24, 2.45) is 11.3 Å². The van der Waals surface area contributed by atoms with Gasteiger partial charge in [-0.25, -0.2) is 0 Å². The molecule has 3 nitrogen and oxygen atoms in total. The summed E-state index contributed by atoms with van der Waals surface area (Å²) in [5.74, 6) is 0.890. The summed E-state index contributed by atoms with van der Waals surface area (Å²) in [5, 5.41) is 3.29. The molecule has 3 heteroatoms. The van der Waals surface area contributed by atoms with Crippen molar-refractivity contribution in [3.63, 3.8) is 0 Å². The Morgan fingerprint density at radius 3 is 2.65 bits per heavy atom. The predicted molar refractivity (Wildman–Crippen MR) is 71.9 cm³/mol. The molecule has 1 fully saturated rings. The first kappa shape index (κ1) is 14.5. The first-order chi connectivity index (χ1) is 7.88. The Kier molecular flexibility index (Phi) is 4.99. The van der Waals surface area contributed by atoms with Crippen LogP contribution in [0.1, 0.15) is 47.5 Å². The summed E-state index contributed by atoms with van der Waals surface area (Å²) in [6.07, 6.45) is 2.11. The molecule has 17 heavy (non-hydrogen) atoms. The van der Waals surface area contributed by atoms with Gasteiger partial charge in [-0.15, -0.1) is 0 Å². The molecule has 1 unspecified atom stereocenters. The van der Waals surface area contributed by atoms with Crippen molar-refractivity contribution >= 4 is 5.91 Å². The van der Waals surface area contributed by atoms with Crippen LogP contribution in [0.5, 0.6) is 0 Å². The molecular formula is C14H28N2O. The topological polar surface area (TPSA) is 32.3 Å². The lowest BCUT2D eigenvalue weighted by Crippen LogP contribution is -2.53. The van der Waals surface area contributed by atoms with Crippen molar-refractivity contribution in [2.75, 3.05) is 19.6 Å². The Morgan fingerprint density at radius 2 is 2.12 bits per heavy atom. The van der Waals surface area contributed by atoms with E-state index in [-0.39, 0.29) is 11.5 Å². The predicted octanol–water partition coefficient (Wildman–Crippen LogP) is 2.27. The van der Waals surface area contributed by atoms with Crippen molar-refractivity contribution in [1.29, 1.82) is 0 Å². The van der Waals surface area contributed by atoms with Crippen LogP contribution in [-0.4, -0.2) is 36.5 Å². The molecule has 1 amide bonds. The lowest BCUT2D eigenvalue weighted by molar-refractivity contribution is -0.137. The molecule has 1 N–H and O–H groups in total. The van der Waals surface area contributed by atoms with Crippen molar-refractivity contribution in [2.45, 2.75) is 53.5 Å². The average molecular weight is 240 g/mol. The monoisotopic (exact) mass is 240 g/mol. The summed E-state index contributed by atoms with van der Waals surface area (Å²) >= 11 is 0. The minimum atomic E-state index is 0.0525. The smallest absolute Gasteiger partial charge is 0.239 e. The maximum absolute atomic E-state index is 12.3. The third-order valence-corrected chi connectivity index (χ3v) is 4.14. The van der Waals surface area contributed by atoms with Crippen LogP contribution in [0.15, 0.2) is 0 Å². The number of amides is 1. The molecule has 1 rings (SSSR count). The zero-order valence-electron chi connectivity index (χ0n) is 12.0. The molecular weight excluding hydrogens is 212 g/mol. The first-order valence-electron chi connectivity index (χ1n) is 6.90. The van der Waals surface area contributed by atoms with E-state index in [4.69, 9.17) is 0 Å². The lowest BCUT2D eigenvalue weighted by Gasteiger charge is -2.39. The van der Waals surface area contributed by atoms with Gasteiger partial charge >= 0.3 is 0 Å². The number of rotatable bonds is 5. The van der Waals surface area contributed by atoms with Crippen molar-refractivity contribution < 1.29 is 4.79 Å². The molecule has 0 aromatic heterocycles. The molecule has 0 saturated carbocycles. The van der Waals surface area contributed by atoms with Gasteiger partial charge in [-0.1, -0.05) is 34.6 Å². The number of likely N-dealkylation sites (tertiary alicyclic amines) is 1. The second-order valence-corrected chi connectivity index (χ2v) is 6.16. The normalized spacial score (nSPS) is 22.4. The van der Waals surface area contributed by atoms with Crippen molar-refractivity contribution in [1.82, 2.24) is 10.2 Å². The van der Waals surface area contributed by atoms with E-state index >= 15 is 0 Å². The summed E-state index contributed by atoms with van der Waals surface area (Å²) in [4.78, 5) is 14.3. The van der Waals surface area contributed by atoms with Crippen molar-refractivity contribution in [3.8, 4) is 0 Å². The largest absolute Gasteiger partial charge is 0.341 e. The van der Waals surface area contributed by atoms with Gasteiger partial charge in [0.2, 0.25) is 5.91 Å². The van der Waals surface area contributed by atoms with Gasteiger partial charge in [0.05, 0.1) is 6.04 Å². The van der Waals surface area contributed by atoms with Crippen LogP contribution >= 0.6 is 0 Å². The highest BCUT2D eigenvalue weighted by atomic mass is 16.2. The molecule has 1 atom stereocenters. The molecule has 1 aliphatic heterocycles. The molecule has 0 bridgehead atoms. The Balaban J connectivity index is 2.62. The number of likely N-dealkylation sites (N-methyl/N-ethyl adjacent to an activating group) is 1. The minimum absolute atomic E-state index is 0.0525. The van der Waals surface area contributed by atoms with E-state index in [0.717, 1.165) is 32.5 Å². The summed E-state index contributed by atoms with van der Waals surface area (Å²) in [5.41, 5.74) is 0.198. The van der Waals surface area contributed by atoms with Gasteiger partial charge < -0.3 is 10.2 Å². The molecule has 0 aliphatic carbocycles. The summed E-state index contributed by atoms with van der Waals surface area (Å²) in [6, 6.07) is 0.0525. The van der Waals surface area contributed by atoms with Gasteiger partial charge in [0, 0.05) is 13.1 Å². The summed E-state index contributed by atoms with van der Waals surface area (Å²) < 4.78 is 0. The van der Waals surface area contributed by atoms with Crippen molar-refractivity contribution in [3.05, 3.63) is 0 Å². The van der Waals surface area contributed by atoms with E-state index in [1.807, 2.05) is 0 Å². The van der Waals surface area contributed by atoms with Gasteiger partial charge in [-0.05, 0) is 30.7 Å². The molecule has 0 aromatic carbocycles. The standard InChI is InChI=1S/C14H28N2O/c1-6-15-12-8-7-9-16(13(12)17)10-14(4,5)11(2)3/h11-12,15H,6-10H2,1-5H3. The van der Waals surface area contributed by atoms with E-state index in [0.29, 0.717) is 11.8 Å². The Morgan fingerprint density at radius 1 is 1.47 bits per heavy atom. The van der Waals surface area contributed by atoms with Crippen LogP contribution in [0.3, 0.4) is 0 Å². The third kappa shape index (κ3) is 3.70. The number of hydrogen-bond acceptors (Lipinski definition) is 2. The SMILES string of the molecule is CCNC1CCCN(CC(C)(C)C(C)C)C1=O. The molecule has 0 aromatic rings. The Bertz CT molecular complexity index is 259. The molecule has 1 saturated heterocycles. The van der Waals surface area contributed by atoms with Crippen LogP contribution < -0.4 is 5.32 Å². The van der Waals surface area contributed by atoms with E-state index in [1.54, 1.807) is 0 Å². The van der Waals surface area contributed by atoms with Crippen LogP contribution in [0.4, 0.5) is 0 Å². The molecule has 0 radical (unpaired) electrons. The molecule has 0 spiro atoms. The number of carbonyl (C=O) groups is 1. The third-order valence-electron chi connectivity index (χ3n) is 4.14. The van der Waals surface area contributed by atoms with Gasteiger partial charge in [-0.3, -0.25) is 4.79 Å². The van der Waals surface area contributed by atoms with Gasteiger partial charge in [0.1, 0.15) is 0 Å². The van der Waals surface area contributed by atoms with Gasteiger partial charge in [-0.2, -0.15) is 0 Å². The molecule has 100 valence electrons. The lowest BCUT2D eigenvalue weighted by atomic mass is 9.80. The van der Waals surface area contributed by atoms with E-state index < -0.39 is 0 Å². The second-order valence-electron chi connectivity index (χ2n) is 6.16. The Hall–Kier alpha value is -0.570. The number of hydrogen-bond donors (Lipinski definition) is 1. The zero-order chi connectivity index (χ0) is 13.1. The fourth-order valence-electron chi connectivity index (χ4n) is 2.21. The van der Waals surface area contributed by atoms with E-state index in [1.165, 1.54) is 0 Å². The highest BCUT2D eigenvalue weighted by Crippen LogP contribution is 2.28. The van der Waals surface area contributed by atoms with Crippen LogP contribution in [0.2, 0.25) is 0 Å². The zero-order valence-corrected chi connectivity index (χ0v) is 12.0. The van der Waals surface area contributed by atoms with Crippen LogP contribution in [0.25, 0.3) is 0 Å². The average Bonchev–Trinajstić information content (AvgIpc) is 2.24. The summed E-state index contributed by atoms with van der Waals surface area (Å²) in [6.45, 7) is 13.7. The van der Waals surface area contributed by atoms with Crippen LogP contribution in [0, 0.1) is 11.3 Å². The number of piperidine rings is 1. The van der Waals surface area contributed by atoms with E-state index in [2.05, 4.69) is 44.8 Å². The Labute approximate surface area is 106 Å². The number of nitrogens with zero attached hydrogens (tertiary/aromatic N) is 1. The second kappa shape index (κ2) is 5.85. The fraction of sp³-hybridized carbons (Fsp3) is 0.929. The maximum atomic E-state index is 12.3. The highest BCUT2D eigenvalue weighted by Gasteiger charge is 2.33. The highest BCUT2D eigenvalue weighted by molar-refractivity contribution is 5.82. The minimum Gasteiger partial charge on any atom is -0.341 e. The molecule has 1 aliphatic rings. The molecule has 1 heterocycles. The first-order valence-corrected chi connectivity index (χ1v) is 6.90. The number of nitrogens with one attached hydrogen (secondary N) is 1.